The molecule has 0 fully saturated rings. The SMILES string of the molecule is CN(C)C(=NC(=O)OCC(O)(C(=O)c1ccc2sc3ccccc3c2c1)c1ccc2sc3ccccc3c2c1)N(C)C. The largest absolute Gasteiger partial charge is 0.444 e. The van der Waals surface area contributed by atoms with Gasteiger partial charge in [-0.2, -0.15) is 0 Å². The normalized spacial score (nSPS) is 12.9. The molecule has 1 N–H and O–H groups in total. The average molecular weight is 596 g/mol. The number of benzene rings is 4. The first-order valence-corrected chi connectivity index (χ1v) is 15.0. The highest BCUT2D eigenvalue weighted by molar-refractivity contribution is 7.26. The molecule has 6 aromatic rings. The van der Waals surface area contributed by atoms with E-state index in [0.29, 0.717) is 17.1 Å². The van der Waals surface area contributed by atoms with Crippen LogP contribution in [0.4, 0.5) is 4.79 Å². The van der Waals surface area contributed by atoms with Crippen molar-refractivity contribution in [1.82, 2.24) is 9.80 Å². The van der Waals surface area contributed by atoms with Gasteiger partial charge in [0.1, 0.15) is 6.61 Å². The van der Waals surface area contributed by atoms with Crippen molar-refractivity contribution < 1.29 is 19.4 Å². The Bertz CT molecular complexity index is 2010. The number of fused-ring (bicyclic) bond motifs is 6. The van der Waals surface area contributed by atoms with Gasteiger partial charge in [0.2, 0.25) is 11.7 Å². The van der Waals surface area contributed by atoms with Crippen LogP contribution < -0.4 is 0 Å². The number of guanidine groups is 1. The van der Waals surface area contributed by atoms with E-state index in [9.17, 15) is 14.7 Å². The molecular weight excluding hydrogens is 567 g/mol. The minimum absolute atomic E-state index is 0.325. The number of Topliss-reactive ketones (excluding diaryl/α,β-unsaturated/α-hetero) is 1. The second kappa shape index (κ2) is 10.8. The van der Waals surface area contributed by atoms with Gasteiger partial charge >= 0.3 is 6.09 Å². The van der Waals surface area contributed by atoms with Crippen molar-refractivity contribution in [3.63, 3.8) is 0 Å². The van der Waals surface area contributed by atoms with Crippen molar-refractivity contribution >= 4 is 80.9 Å². The molecule has 0 radical (unpaired) electrons. The van der Waals surface area contributed by atoms with Crippen molar-refractivity contribution in [2.45, 2.75) is 5.60 Å². The topological polar surface area (TPSA) is 82.4 Å². The maximum atomic E-state index is 14.3. The van der Waals surface area contributed by atoms with Crippen LogP contribution in [-0.2, 0) is 10.3 Å². The van der Waals surface area contributed by atoms with Crippen LogP contribution in [0.2, 0.25) is 0 Å². The van der Waals surface area contributed by atoms with E-state index >= 15 is 0 Å². The fourth-order valence-corrected chi connectivity index (χ4v) is 7.42. The molecule has 7 nitrogen and oxygen atoms in total. The lowest BCUT2D eigenvalue weighted by molar-refractivity contribution is -0.00859. The zero-order valence-corrected chi connectivity index (χ0v) is 25.3. The molecule has 0 aliphatic carbocycles. The summed E-state index contributed by atoms with van der Waals surface area (Å²) in [6.45, 7) is -0.599. The Balaban J connectivity index is 1.45. The van der Waals surface area contributed by atoms with Gasteiger partial charge in [0.15, 0.2) is 5.60 Å². The first-order valence-electron chi connectivity index (χ1n) is 13.4. The summed E-state index contributed by atoms with van der Waals surface area (Å²) >= 11 is 3.29. The Kier molecular flexibility index (Phi) is 7.18. The minimum Gasteiger partial charge on any atom is -0.444 e. The van der Waals surface area contributed by atoms with Gasteiger partial charge in [-0.25, -0.2) is 4.79 Å². The molecule has 0 saturated carbocycles. The maximum Gasteiger partial charge on any atom is 0.436 e. The second-order valence-corrected chi connectivity index (χ2v) is 12.7. The van der Waals surface area contributed by atoms with Crippen LogP contribution in [0, 0.1) is 0 Å². The van der Waals surface area contributed by atoms with E-state index in [1.807, 2.05) is 72.8 Å². The van der Waals surface area contributed by atoms with E-state index in [1.165, 1.54) is 0 Å². The average Bonchev–Trinajstić information content (AvgIpc) is 3.55. The Morgan fingerprint density at radius 1 is 0.738 bits per heavy atom. The molecule has 0 spiro atoms. The Hall–Kier alpha value is -4.31. The predicted molar refractivity (Wildman–Crippen MR) is 173 cm³/mol. The first-order chi connectivity index (χ1) is 20.2. The van der Waals surface area contributed by atoms with E-state index < -0.39 is 24.1 Å². The number of nitrogens with zero attached hydrogens (tertiary/aromatic N) is 3. The van der Waals surface area contributed by atoms with Crippen molar-refractivity contribution in [3.8, 4) is 0 Å². The quantitative estimate of drug-likeness (QED) is 0.130. The zero-order valence-electron chi connectivity index (χ0n) is 23.6. The van der Waals surface area contributed by atoms with Gasteiger partial charge in [-0.05, 0) is 48.0 Å². The van der Waals surface area contributed by atoms with Gasteiger partial charge in [-0.1, -0.05) is 42.5 Å². The molecule has 2 heterocycles. The van der Waals surface area contributed by atoms with Crippen LogP contribution in [0.3, 0.4) is 0 Å². The number of hydrogen-bond donors (Lipinski definition) is 1. The first kappa shape index (κ1) is 27.8. The van der Waals surface area contributed by atoms with E-state index in [2.05, 4.69) is 4.99 Å². The molecule has 1 unspecified atom stereocenters. The summed E-state index contributed by atoms with van der Waals surface area (Å²) in [5.74, 6) is -0.188. The molecule has 0 saturated heterocycles. The molecule has 6 rings (SSSR count). The summed E-state index contributed by atoms with van der Waals surface area (Å²) in [6, 6.07) is 26.9. The number of carbonyl (C=O) groups excluding carboxylic acids is 2. The lowest BCUT2D eigenvalue weighted by Gasteiger charge is -2.27. The molecule has 212 valence electrons. The van der Waals surface area contributed by atoms with Crippen LogP contribution in [0.15, 0.2) is 89.9 Å². The maximum absolute atomic E-state index is 14.3. The number of amides is 1. The number of aliphatic imine (C=N–C) groups is 1. The summed E-state index contributed by atoms with van der Waals surface area (Å²) in [7, 11) is 7.04. The van der Waals surface area contributed by atoms with E-state index in [4.69, 9.17) is 4.74 Å². The third-order valence-corrected chi connectivity index (χ3v) is 9.57. The van der Waals surface area contributed by atoms with Gasteiger partial charge in [0.25, 0.3) is 0 Å². The standard InChI is InChI=1S/C33H29N3O4S2/c1-35(2)31(36(3)4)34-32(38)40-19-33(39,21-14-16-29-25(18-21)23-10-6-8-12-27(23)42-29)30(37)20-13-15-28-24(17-20)22-9-5-7-11-26(22)41-28/h5-18,39H,19H2,1-4H3. The molecule has 0 bridgehead atoms. The van der Waals surface area contributed by atoms with Gasteiger partial charge in [-0.3, -0.25) is 4.79 Å². The highest BCUT2D eigenvalue weighted by Gasteiger charge is 2.41. The highest BCUT2D eigenvalue weighted by atomic mass is 32.1. The predicted octanol–water partition coefficient (Wildman–Crippen LogP) is 7.11. The van der Waals surface area contributed by atoms with Crippen LogP contribution in [-0.4, -0.2) is 67.5 Å². The molecular formula is C33H29N3O4S2. The summed E-state index contributed by atoms with van der Waals surface area (Å²) in [5, 5.41) is 16.2. The van der Waals surface area contributed by atoms with Crippen molar-refractivity contribution in [3.05, 3.63) is 96.1 Å². The Labute approximate surface area is 250 Å². The van der Waals surface area contributed by atoms with Crippen LogP contribution in [0.1, 0.15) is 15.9 Å². The summed E-state index contributed by atoms with van der Waals surface area (Å²) < 4.78 is 9.81. The molecule has 1 atom stereocenters. The molecule has 42 heavy (non-hydrogen) atoms. The number of carbonyl (C=O) groups is 2. The fraction of sp³-hybridized carbons (Fsp3) is 0.182. The fourth-order valence-electron chi connectivity index (χ4n) is 5.25. The number of thiophene rings is 2. The Morgan fingerprint density at radius 3 is 1.86 bits per heavy atom. The highest BCUT2D eigenvalue weighted by Crippen LogP contribution is 2.39. The number of hydrogen-bond acceptors (Lipinski definition) is 6. The van der Waals surface area contributed by atoms with E-state index in [1.54, 1.807) is 72.8 Å². The second-order valence-electron chi connectivity index (χ2n) is 10.6. The summed E-state index contributed by atoms with van der Waals surface area (Å²) in [4.78, 5) is 34.5. The molecule has 4 aromatic carbocycles. The smallest absolute Gasteiger partial charge is 0.436 e. The van der Waals surface area contributed by atoms with Gasteiger partial charge in [-0.15, -0.1) is 27.7 Å². The lowest BCUT2D eigenvalue weighted by atomic mass is 9.85. The molecule has 0 aliphatic rings. The summed E-state index contributed by atoms with van der Waals surface area (Å²) in [5.41, 5.74) is -1.49. The van der Waals surface area contributed by atoms with Crippen LogP contribution >= 0.6 is 22.7 Å². The van der Waals surface area contributed by atoms with Crippen molar-refractivity contribution in [1.29, 1.82) is 0 Å². The lowest BCUT2D eigenvalue weighted by Crippen LogP contribution is -2.41. The van der Waals surface area contributed by atoms with Crippen molar-refractivity contribution in [2.75, 3.05) is 34.8 Å². The van der Waals surface area contributed by atoms with Gasteiger partial charge < -0.3 is 19.6 Å². The van der Waals surface area contributed by atoms with Crippen molar-refractivity contribution in [2.24, 2.45) is 4.99 Å². The summed E-state index contributed by atoms with van der Waals surface area (Å²) in [6.07, 6.45) is -0.903. The van der Waals surface area contributed by atoms with Gasteiger partial charge in [0, 0.05) is 74.1 Å². The molecule has 0 aliphatic heterocycles. The Morgan fingerprint density at radius 2 is 1.26 bits per heavy atom. The van der Waals surface area contributed by atoms with E-state index in [-0.39, 0.29) is 0 Å². The molecule has 2 aromatic heterocycles. The molecule has 1 amide bonds. The van der Waals surface area contributed by atoms with E-state index in [0.717, 1.165) is 40.3 Å². The van der Waals surface area contributed by atoms with Crippen LogP contribution in [0.5, 0.6) is 0 Å². The van der Waals surface area contributed by atoms with Gasteiger partial charge in [0.05, 0.1) is 0 Å². The third-order valence-electron chi connectivity index (χ3n) is 7.26. The third kappa shape index (κ3) is 4.89. The molecule has 9 heteroatoms. The number of aliphatic hydroxyl groups is 1. The monoisotopic (exact) mass is 595 g/mol. The zero-order chi connectivity index (χ0) is 29.6. The minimum atomic E-state index is -2.15. The van der Waals surface area contributed by atoms with Crippen LogP contribution in [0.25, 0.3) is 40.3 Å². The number of rotatable bonds is 5. The number of ketones is 1. The number of ether oxygens (including phenoxy) is 1.